The number of anilines is 1. The average molecular weight is 241 g/mol. The molecule has 2 heterocycles. The van der Waals surface area contributed by atoms with Gasteiger partial charge in [0.15, 0.2) is 0 Å². The second-order valence-electron chi connectivity index (χ2n) is 2.88. The number of thiazole rings is 1. The Morgan fingerprint density at radius 1 is 1.53 bits per heavy atom. The number of hydrogen-bond acceptors (Lipinski definition) is 6. The number of rotatable bonds is 4. The largest absolute Gasteiger partial charge is 0.368 e. The van der Waals surface area contributed by atoms with Gasteiger partial charge in [0.05, 0.1) is 10.7 Å². The summed E-state index contributed by atoms with van der Waals surface area (Å²) in [4.78, 5) is 8.45. The standard InChI is InChI=1S/C8H11N5S2/c1-2-6-10-5(3-14-6)4-15-8-11-7(9)12-13-8/h3H,2,4H2,1H3,(H3,9,11,12,13). The zero-order valence-corrected chi connectivity index (χ0v) is 9.86. The van der Waals surface area contributed by atoms with Gasteiger partial charge in [0.2, 0.25) is 11.1 Å². The van der Waals surface area contributed by atoms with Crippen LogP contribution in [-0.4, -0.2) is 20.2 Å². The first kappa shape index (κ1) is 10.4. The van der Waals surface area contributed by atoms with Gasteiger partial charge in [-0.3, -0.25) is 0 Å². The van der Waals surface area contributed by atoms with Crippen LogP contribution in [-0.2, 0) is 12.2 Å². The van der Waals surface area contributed by atoms with Crippen LogP contribution in [0.3, 0.4) is 0 Å². The van der Waals surface area contributed by atoms with Gasteiger partial charge in [-0.25, -0.2) is 10.1 Å². The van der Waals surface area contributed by atoms with Crippen LogP contribution >= 0.6 is 23.1 Å². The molecule has 0 bridgehead atoms. The SMILES string of the molecule is CCc1nc(CSc2n[nH]c(N)n2)cs1. The first-order chi connectivity index (χ1) is 7.28. The number of nitrogen functional groups attached to an aromatic ring is 1. The molecule has 0 radical (unpaired) electrons. The molecule has 15 heavy (non-hydrogen) atoms. The Morgan fingerprint density at radius 2 is 2.40 bits per heavy atom. The number of hydrogen-bond donors (Lipinski definition) is 2. The molecule has 2 aromatic rings. The van der Waals surface area contributed by atoms with Crippen molar-refractivity contribution in [2.45, 2.75) is 24.3 Å². The van der Waals surface area contributed by atoms with Crippen LogP contribution < -0.4 is 5.73 Å². The minimum absolute atomic E-state index is 0.352. The maximum atomic E-state index is 5.42. The third-order valence-electron chi connectivity index (χ3n) is 1.73. The van der Waals surface area contributed by atoms with Gasteiger partial charge < -0.3 is 5.73 Å². The van der Waals surface area contributed by atoms with Gasteiger partial charge in [0, 0.05) is 11.1 Å². The van der Waals surface area contributed by atoms with Gasteiger partial charge >= 0.3 is 0 Å². The lowest BCUT2D eigenvalue weighted by Crippen LogP contribution is -1.85. The third kappa shape index (κ3) is 2.69. The fourth-order valence-corrected chi connectivity index (χ4v) is 2.59. The number of aromatic amines is 1. The number of aromatic nitrogens is 4. The molecule has 5 nitrogen and oxygen atoms in total. The smallest absolute Gasteiger partial charge is 0.216 e. The lowest BCUT2D eigenvalue weighted by molar-refractivity contribution is 0.971. The molecule has 0 aliphatic rings. The normalized spacial score (nSPS) is 10.7. The fourth-order valence-electron chi connectivity index (χ4n) is 1.04. The van der Waals surface area contributed by atoms with Gasteiger partial charge in [-0.2, -0.15) is 4.98 Å². The number of thioether (sulfide) groups is 1. The van der Waals surface area contributed by atoms with Crippen LogP contribution in [0.1, 0.15) is 17.6 Å². The second kappa shape index (κ2) is 4.63. The minimum Gasteiger partial charge on any atom is -0.368 e. The molecule has 0 amide bonds. The van der Waals surface area contributed by atoms with Gasteiger partial charge in [-0.1, -0.05) is 18.7 Å². The number of nitrogens with zero attached hydrogens (tertiary/aromatic N) is 3. The third-order valence-corrected chi connectivity index (χ3v) is 3.66. The molecule has 2 aromatic heterocycles. The Balaban J connectivity index is 1.93. The molecule has 80 valence electrons. The maximum Gasteiger partial charge on any atom is 0.216 e. The highest BCUT2D eigenvalue weighted by molar-refractivity contribution is 7.98. The number of H-pyrrole nitrogens is 1. The zero-order valence-electron chi connectivity index (χ0n) is 8.23. The quantitative estimate of drug-likeness (QED) is 0.796. The molecule has 2 rings (SSSR count). The Labute approximate surface area is 95.5 Å². The molecule has 0 fully saturated rings. The van der Waals surface area contributed by atoms with E-state index in [0.29, 0.717) is 11.1 Å². The first-order valence-electron chi connectivity index (χ1n) is 4.52. The molecule has 0 spiro atoms. The Kier molecular flexibility index (Phi) is 3.22. The van der Waals surface area contributed by atoms with Gasteiger partial charge in [0.1, 0.15) is 0 Å². The molecular weight excluding hydrogens is 230 g/mol. The molecule has 7 heteroatoms. The van der Waals surface area contributed by atoms with Crippen LogP contribution in [0.15, 0.2) is 10.5 Å². The highest BCUT2D eigenvalue weighted by Gasteiger charge is 2.04. The highest BCUT2D eigenvalue weighted by Crippen LogP contribution is 2.20. The Morgan fingerprint density at radius 3 is 3.00 bits per heavy atom. The molecule has 0 saturated heterocycles. The predicted molar refractivity (Wildman–Crippen MR) is 61.8 cm³/mol. The van der Waals surface area contributed by atoms with Crippen molar-refractivity contribution in [3.63, 3.8) is 0 Å². The summed E-state index contributed by atoms with van der Waals surface area (Å²) in [5.74, 6) is 1.14. The molecule has 0 atom stereocenters. The maximum absolute atomic E-state index is 5.42. The van der Waals surface area contributed by atoms with E-state index in [9.17, 15) is 0 Å². The van der Waals surface area contributed by atoms with Crippen molar-refractivity contribution >= 4 is 29.0 Å². The van der Waals surface area contributed by atoms with E-state index in [1.165, 1.54) is 16.8 Å². The molecule has 3 N–H and O–H groups in total. The minimum atomic E-state index is 0.352. The lowest BCUT2D eigenvalue weighted by Gasteiger charge is -1.91. The van der Waals surface area contributed by atoms with Gasteiger partial charge in [-0.05, 0) is 6.42 Å². The van der Waals surface area contributed by atoms with Crippen molar-refractivity contribution in [1.29, 1.82) is 0 Å². The van der Waals surface area contributed by atoms with E-state index in [-0.39, 0.29) is 0 Å². The van der Waals surface area contributed by atoms with Crippen LogP contribution in [0.4, 0.5) is 5.95 Å². The number of nitrogens with two attached hydrogens (primary N) is 1. The van der Waals surface area contributed by atoms with Crippen molar-refractivity contribution in [2.24, 2.45) is 0 Å². The monoisotopic (exact) mass is 241 g/mol. The fraction of sp³-hybridized carbons (Fsp3) is 0.375. The van der Waals surface area contributed by atoms with Crippen molar-refractivity contribution in [1.82, 2.24) is 20.2 Å². The van der Waals surface area contributed by atoms with Crippen LogP contribution in [0.2, 0.25) is 0 Å². The van der Waals surface area contributed by atoms with Gasteiger partial charge in [0.25, 0.3) is 0 Å². The van der Waals surface area contributed by atoms with Crippen molar-refractivity contribution in [3.05, 3.63) is 16.1 Å². The van der Waals surface area contributed by atoms with E-state index in [0.717, 1.165) is 17.9 Å². The van der Waals surface area contributed by atoms with E-state index in [4.69, 9.17) is 5.73 Å². The van der Waals surface area contributed by atoms with E-state index < -0.39 is 0 Å². The van der Waals surface area contributed by atoms with Crippen LogP contribution in [0, 0.1) is 0 Å². The molecule has 0 aliphatic carbocycles. The molecule has 0 saturated carbocycles. The Bertz CT molecular complexity index is 436. The zero-order chi connectivity index (χ0) is 10.7. The summed E-state index contributed by atoms with van der Waals surface area (Å²) in [6.45, 7) is 2.10. The second-order valence-corrected chi connectivity index (χ2v) is 4.76. The molecule has 0 unspecified atom stereocenters. The van der Waals surface area contributed by atoms with E-state index >= 15 is 0 Å². The summed E-state index contributed by atoms with van der Waals surface area (Å²) >= 11 is 3.22. The van der Waals surface area contributed by atoms with E-state index in [1.807, 2.05) is 0 Å². The molecule has 0 aliphatic heterocycles. The Hall–Kier alpha value is -1.08. The van der Waals surface area contributed by atoms with Crippen molar-refractivity contribution < 1.29 is 0 Å². The summed E-state index contributed by atoms with van der Waals surface area (Å²) in [6.07, 6.45) is 0.989. The molecule has 0 aromatic carbocycles. The van der Waals surface area contributed by atoms with Crippen molar-refractivity contribution in [2.75, 3.05) is 5.73 Å². The van der Waals surface area contributed by atoms with E-state index in [1.54, 1.807) is 11.3 Å². The van der Waals surface area contributed by atoms with E-state index in [2.05, 4.69) is 32.5 Å². The number of nitrogens with one attached hydrogen (secondary N) is 1. The molecular formula is C8H11N5S2. The summed E-state index contributed by atoms with van der Waals surface area (Å²) in [5, 5.41) is 10.4. The summed E-state index contributed by atoms with van der Waals surface area (Å²) < 4.78 is 0. The van der Waals surface area contributed by atoms with Crippen LogP contribution in [0.25, 0.3) is 0 Å². The predicted octanol–water partition coefficient (Wildman–Crippen LogP) is 1.70. The summed E-state index contributed by atoms with van der Waals surface area (Å²) in [7, 11) is 0. The summed E-state index contributed by atoms with van der Waals surface area (Å²) in [5.41, 5.74) is 6.49. The first-order valence-corrected chi connectivity index (χ1v) is 6.38. The number of aryl methyl sites for hydroxylation is 1. The van der Waals surface area contributed by atoms with Crippen LogP contribution in [0.5, 0.6) is 0 Å². The van der Waals surface area contributed by atoms with Gasteiger partial charge in [-0.15, -0.1) is 16.4 Å². The highest BCUT2D eigenvalue weighted by atomic mass is 32.2. The lowest BCUT2D eigenvalue weighted by atomic mass is 10.5. The summed E-state index contributed by atoms with van der Waals surface area (Å²) in [6, 6.07) is 0. The average Bonchev–Trinajstić information content (AvgIpc) is 2.83. The van der Waals surface area contributed by atoms with Crippen molar-refractivity contribution in [3.8, 4) is 0 Å². The topological polar surface area (TPSA) is 80.5 Å².